The predicted octanol–water partition coefficient (Wildman–Crippen LogP) is 5.03. The van der Waals surface area contributed by atoms with Crippen LogP contribution in [0.3, 0.4) is 0 Å². The van der Waals surface area contributed by atoms with E-state index in [0.29, 0.717) is 24.7 Å². The van der Waals surface area contributed by atoms with Crippen LogP contribution in [0.1, 0.15) is 31.5 Å². The molecule has 0 aliphatic rings. The Morgan fingerprint density at radius 3 is 2.53 bits per heavy atom. The first-order valence-corrected chi connectivity index (χ1v) is 11.0. The first-order chi connectivity index (χ1) is 14.5. The van der Waals surface area contributed by atoms with Crippen molar-refractivity contribution in [3.63, 3.8) is 0 Å². The van der Waals surface area contributed by atoms with Gasteiger partial charge in [-0.3, -0.25) is 9.48 Å². The van der Waals surface area contributed by atoms with Gasteiger partial charge in [0.25, 0.3) is 5.56 Å². The molecule has 0 aliphatic heterocycles. The number of hydrogen-bond acceptors (Lipinski definition) is 4. The molecule has 0 N–H and O–H groups in total. The Labute approximate surface area is 190 Å². The molecular weight excluding hydrogens is 493 g/mol. The van der Waals surface area contributed by atoms with Gasteiger partial charge in [0.1, 0.15) is 0 Å². The van der Waals surface area contributed by atoms with Crippen LogP contribution in [-0.4, -0.2) is 28.8 Å². The van der Waals surface area contributed by atoms with Crippen LogP contribution in [0.15, 0.2) is 52.3 Å². The summed E-state index contributed by atoms with van der Waals surface area (Å²) in [6.07, 6.45) is 2.62. The molecule has 30 heavy (non-hydrogen) atoms. The zero-order chi connectivity index (χ0) is 21.7. The van der Waals surface area contributed by atoms with Crippen LogP contribution in [0.25, 0.3) is 5.69 Å². The highest BCUT2D eigenvalue weighted by molar-refractivity contribution is 14.1. The van der Waals surface area contributed by atoms with Gasteiger partial charge in [-0.15, -0.1) is 0 Å². The van der Waals surface area contributed by atoms with Crippen molar-refractivity contribution >= 4 is 34.5 Å². The minimum atomic E-state index is -0.153. The lowest BCUT2D eigenvalue weighted by Crippen LogP contribution is -2.19. The van der Waals surface area contributed by atoms with Gasteiger partial charge in [0.15, 0.2) is 17.2 Å². The molecule has 0 saturated heterocycles. The summed E-state index contributed by atoms with van der Waals surface area (Å²) in [6.45, 7) is 7.07. The molecule has 2 aromatic carbocycles. The first-order valence-electron chi connectivity index (χ1n) is 9.95. The number of aliphatic imine (C=N–C) groups is 1. The maximum atomic E-state index is 13.0. The number of nitrogens with zero attached hydrogens (tertiary/aromatic N) is 3. The summed E-state index contributed by atoms with van der Waals surface area (Å²) in [5.41, 5.74) is 2.71. The number of halogens is 1. The summed E-state index contributed by atoms with van der Waals surface area (Å²) in [5.74, 6) is 1.43. The molecule has 0 bridgehead atoms. The SMILES string of the molecule is CCCOc1c(I)cc(C=Nc2c(C)n(C)n(-c3ccccc3)c2=O)cc1OCC. The molecule has 1 aromatic heterocycles. The van der Waals surface area contributed by atoms with Crippen molar-refractivity contribution in [3.05, 3.63) is 67.6 Å². The molecule has 0 radical (unpaired) electrons. The quantitative estimate of drug-likeness (QED) is 0.310. The van der Waals surface area contributed by atoms with Crippen LogP contribution < -0.4 is 15.0 Å². The summed E-state index contributed by atoms with van der Waals surface area (Å²) in [6, 6.07) is 13.4. The average molecular weight is 519 g/mol. The molecule has 7 heteroatoms. The Morgan fingerprint density at radius 2 is 1.87 bits per heavy atom. The largest absolute Gasteiger partial charge is 0.490 e. The van der Waals surface area contributed by atoms with Crippen molar-refractivity contribution in [2.24, 2.45) is 12.0 Å². The van der Waals surface area contributed by atoms with E-state index in [-0.39, 0.29) is 5.56 Å². The minimum Gasteiger partial charge on any atom is -0.490 e. The number of rotatable bonds is 8. The zero-order valence-electron chi connectivity index (χ0n) is 17.7. The van der Waals surface area contributed by atoms with E-state index in [1.54, 1.807) is 10.9 Å². The van der Waals surface area contributed by atoms with Crippen molar-refractivity contribution in [1.82, 2.24) is 9.36 Å². The molecule has 158 valence electrons. The third-order valence-electron chi connectivity index (χ3n) is 4.65. The third-order valence-corrected chi connectivity index (χ3v) is 5.45. The minimum absolute atomic E-state index is 0.153. The fourth-order valence-corrected chi connectivity index (χ4v) is 3.89. The summed E-state index contributed by atoms with van der Waals surface area (Å²) in [5, 5.41) is 0. The molecular formula is C23H26IN3O3. The van der Waals surface area contributed by atoms with Crippen LogP contribution >= 0.6 is 22.6 Å². The summed E-state index contributed by atoms with van der Waals surface area (Å²) < 4.78 is 16.0. The van der Waals surface area contributed by atoms with Crippen LogP contribution in [0.5, 0.6) is 11.5 Å². The van der Waals surface area contributed by atoms with E-state index in [1.807, 2.05) is 68.0 Å². The van der Waals surface area contributed by atoms with Crippen molar-refractivity contribution in [2.45, 2.75) is 27.2 Å². The highest BCUT2D eigenvalue weighted by Gasteiger charge is 2.16. The Bertz CT molecular complexity index is 1100. The van der Waals surface area contributed by atoms with Gasteiger partial charge in [-0.25, -0.2) is 9.67 Å². The molecule has 0 amide bonds. The molecule has 6 nitrogen and oxygen atoms in total. The Hall–Kier alpha value is -2.55. The second kappa shape index (κ2) is 9.97. The maximum absolute atomic E-state index is 13.0. The molecule has 0 spiro atoms. The number of benzene rings is 2. The first kappa shape index (κ1) is 22.1. The molecule has 3 aromatic rings. The monoisotopic (exact) mass is 519 g/mol. The molecule has 0 unspecified atom stereocenters. The van der Waals surface area contributed by atoms with Gasteiger partial charge in [-0.05, 0) is 72.7 Å². The highest BCUT2D eigenvalue weighted by atomic mass is 127. The van der Waals surface area contributed by atoms with E-state index in [4.69, 9.17) is 9.47 Å². The lowest BCUT2D eigenvalue weighted by molar-refractivity contribution is 0.275. The number of aromatic nitrogens is 2. The van der Waals surface area contributed by atoms with Gasteiger partial charge in [-0.2, -0.15) is 0 Å². The average Bonchev–Trinajstić information content (AvgIpc) is 2.95. The Morgan fingerprint density at radius 1 is 1.13 bits per heavy atom. The molecule has 0 atom stereocenters. The normalized spacial score (nSPS) is 11.2. The van der Waals surface area contributed by atoms with Gasteiger partial charge >= 0.3 is 0 Å². The van der Waals surface area contributed by atoms with Gasteiger partial charge in [0.2, 0.25) is 0 Å². The molecule has 0 fully saturated rings. The van der Waals surface area contributed by atoms with Crippen molar-refractivity contribution in [3.8, 4) is 17.2 Å². The van der Waals surface area contributed by atoms with E-state index >= 15 is 0 Å². The molecule has 1 heterocycles. The molecule has 0 aliphatic carbocycles. The number of para-hydroxylation sites is 1. The van der Waals surface area contributed by atoms with E-state index in [0.717, 1.165) is 32.7 Å². The standard InChI is InChI=1S/C23H26IN3O3/c1-5-12-30-22-19(24)13-17(14-20(22)29-6-2)15-25-21-16(3)26(4)27(23(21)28)18-10-8-7-9-11-18/h7-11,13-15H,5-6,12H2,1-4H3. The van der Waals surface area contributed by atoms with Crippen molar-refractivity contribution in [1.29, 1.82) is 0 Å². The summed E-state index contributed by atoms with van der Waals surface area (Å²) >= 11 is 2.24. The van der Waals surface area contributed by atoms with Crippen molar-refractivity contribution in [2.75, 3.05) is 13.2 Å². The van der Waals surface area contributed by atoms with Crippen LogP contribution in [0, 0.1) is 10.5 Å². The van der Waals surface area contributed by atoms with E-state index in [9.17, 15) is 4.79 Å². The third kappa shape index (κ3) is 4.61. The fraction of sp³-hybridized carbons (Fsp3) is 0.304. The molecule has 0 saturated carbocycles. The Kier molecular flexibility index (Phi) is 7.36. The number of ether oxygens (including phenoxy) is 2. The lowest BCUT2D eigenvalue weighted by Gasteiger charge is -2.14. The van der Waals surface area contributed by atoms with E-state index in [1.165, 1.54) is 0 Å². The van der Waals surface area contributed by atoms with Gasteiger partial charge in [-0.1, -0.05) is 25.1 Å². The van der Waals surface area contributed by atoms with Crippen molar-refractivity contribution < 1.29 is 9.47 Å². The predicted molar refractivity (Wildman–Crippen MR) is 129 cm³/mol. The van der Waals surface area contributed by atoms with E-state index < -0.39 is 0 Å². The second-order valence-electron chi connectivity index (χ2n) is 6.78. The zero-order valence-corrected chi connectivity index (χ0v) is 19.8. The topological polar surface area (TPSA) is 57.8 Å². The van der Waals surface area contributed by atoms with Crippen LogP contribution in [0.2, 0.25) is 0 Å². The highest BCUT2D eigenvalue weighted by Crippen LogP contribution is 2.34. The molecule has 3 rings (SSSR count). The van der Waals surface area contributed by atoms with Gasteiger partial charge < -0.3 is 9.47 Å². The van der Waals surface area contributed by atoms with E-state index in [2.05, 4.69) is 34.5 Å². The van der Waals surface area contributed by atoms with Gasteiger partial charge in [0.05, 0.1) is 28.2 Å². The van der Waals surface area contributed by atoms with Crippen LogP contribution in [-0.2, 0) is 7.05 Å². The lowest BCUT2D eigenvalue weighted by atomic mass is 10.2. The van der Waals surface area contributed by atoms with Crippen LogP contribution in [0.4, 0.5) is 5.69 Å². The van der Waals surface area contributed by atoms with Gasteiger partial charge in [0, 0.05) is 13.3 Å². The summed E-state index contributed by atoms with van der Waals surface area (Å²) in [4.78, 5) is 17.6. The summed E-state index contributed by atoms with van der Waals surface area (Å²) in [7, 11) is 1.86. The maximum Gasteiger partial charge on any atom is 0.297 e. The fourth-order valence-electron chi connectivity index (χ4n) is 3.11. The smallest absolute Gasteiger partial charge is 0.297 e. The Balaban J connectivity index is 1.99. The number of hydrogen-bond donors (Lipinski definition) is 0. The second-order valence-corrected chi connectivity index (χ2v) is 7.94.